The maximum Gasteiger partial charge on any atom is 0.336 e. The van der Waals surface area contributed by atoms with Crippen LogP contribution in [0.2, 0.25) is 0 Å². The molecule has 0 amide bonds. The van der Waals surface area contributed by atoms with Crippen LogP contribution in [0.3, 0.4) is 0 Å². The molecule has 1 fully saturated rings. The van der Waals surface area contributed by atoms with E-state index in [0.717, 1.165) is 0 Å². The highest BCUT2D eigenvalue weighted by atomic mass is 16.7. The number of aliphatic carboxylic acids is 1. The van der Waals surface area contributed by atoms with Gasteiger partial charge in [0.25, 0.3) is 0 Å². The minimum atomic E-state index is -2.50. The highest BCUT2D eigenvalue weighted by Crippen LogP contribution is 2.52. The largest absolute Gasteiger partial charge is 0.507 e. The first-order valence-electron chi connectivity index (χ1n) is 15.6. The van der Waals surface area contributed by atoms with Gasteiger partial charge in [-0.05, 0) is 26.8 Å². The second kappa shape index (κ2) is 13.7. The first kappa shape index (κ1) is 35.6. The van der Waals surface area contributed by atoms with Crippen LogP contribution in [0.25, 0.3) is 0 Å². The molecule has 0 aromatic heterocycles. The summed E-state index contributed by atoms with van der Waals surface area (Å²) in [6, 6.07) is 3.57. The van der Waals surface area contributed by atoms with E-state index in [1.54, 1.807) is 20.8 Å². The zero-order chi connectivity index (χ0) is 35.2. The summed E-state index contributed by atoms with van der Waals surface area (Å²) in [4.78, 5) is 39.7. The van der Waals surface area contributed by atoms with Crippen molar-refractivity contribution < 1.29 is 68.7 Å². The molecule has 8 N–H and O–H groups in total. The molecule has 1 saturated heterocycles. The van der Waals surface area contributed by atoms with Crippen LogP contribution >= 0.6 is 0 Å². The summed E-state index contributed by atoms with van der Waals surface area (Å²) < 4.78 is 29.3. The number of carboxylic acids is 1. The molecule has 9 unspecified atom stereocenters. The number of phenols is 2. The number of carboxylic acid groups (broad SMARTS) is 1. The Kier molecular flexibility index (Phi) is 10.2. The first-order valence-corrected chi connectivity index (χ1v) is 15.6. The van der Waals surface area contributed by atoms with Crippen molar-refractivity contribution in [2.45, 2.75) is 101 Å². The third kappa shape index (κ3) is 6.40. The predicted octanol–water partition coefficient (Wildman–Crippen LogP) is 1.04. The summed E-state index contributed by atoms with van der Waals surface area (Å²) in [5, 5.41) is 63.6. The lowest BCUT2D eigenvalue weighted by molar-refractivity contribution is -0.285. The van der Waals surface area contributed by atoms with Gasteiger partial charge < -0.3 is 60.1 Å². The van der Waals surface area contributed by atoms with Crippen molar-refractivity contribution in [3.05, 3.63) is 51.6 Å². The average molecular weight is 676 g/mol. The Morgan fingerprint density at radius 3 is 2.42 bits per heavy atom. The topological polar surface area (TPSA) is 245 Å². The van der Waals surface area contributed by atoms with Gasteiger partial charge in [-0.15, -0.1) is 0 Å². The Hall–Kier alpha value is -3.67. The zero-order valence-electron chi connectivity index (χ0n) is 26.9. The Bertz CT molecular complexity index is 1580. The van der Waals surface area contributed by atoms with Crippen LogP contribution in [0.5, 0.6) is 17.2 Å². The summed E-state index contributed by atoms with van der Waals surface area (Å²) in [6.45, 7) is 4.55. The van der Waals surface area contributed by atoms with Crippen LogP contribution < -0.4 is 10.5 Å². The standard InChI is InChI=1S/C33H41NO14/c1-13(36)8-21(45-14(2)12-35)48-31-15(3)46-22(9-18(31)34)47-20-11-33(43,32(41)42)10-17-24(20)30(40)26-25(28(17)38)27(37)16-6-5-7-19(44-4)23(16)29(26)39/h5-7,13-15,18,20-22,31,35-36,38,40,43H,8-12,34H2,1-4H3,(H,41,42). The molecule has 0 bridgehead atoms. The lowest BCUT2D eigenvalue weighted by atomic mass is 9.73. The van der Waals surface area contributed by atoms with E-state index in [-0.39, 0.29) is 47.5 Å². The molecule has 48 heavy (non-hydrogen) atoms. The van der Waals surface area contributed by atoms with Gasteiger partial charge in [0.2, 0.25) is 5.78 Å². The molecular weight excluding hydrogens is 634 g/mol. The third-order valence-electron chi connectivity index (χ3n) is 8.99. The number of ether oxygens (including phenoxy) is 5. The van der Waals surface area contributed by atoms with Crippen molar-refractivity contribution in [2.24, 2.45) is 5.73 Å². The van der Waals surface area contributed by atoms with E-state index in [9.17, 15) is 45.0 Å². The fraction of sp³-hybridized carbons (Fsp3) is 0.545. The lowest BCUT2D eigenvalue weighted by Gasteiger charge is -2.43. The summed E-state index contributed by atoms with van der Waals surface area (Å²) in [5.41, 5.74) is 2.29. The number of carbonyl (C=O) groups is 3. The van der Waals surface area contributed by atoms with Crippen LogP contribution in [0.1, 0.15) is 89.1 Å². The molecule has 0 saturated carbocycles. The first-order chi connectivity index (χ1) is 22.6. The maximum atomic E-state index is 13.8. The minimum absolute atomic E-state index is 0.0248. The van der Waals surface area contributed by atoms with Crippen molar-refractivity contribution in [3.63, 3.8) is 0 Å². The Morgan fingerprint density at radius 2 is 1.81 bits per heavy atom. The van der Waals surface area contributed by atoms with Gasteiger partial charge in [-0.1, -0.05) is 12.1 Å². The van der Waals surface area contributed by atoms with E-state index in [1.165, 1.54) is 25.3 Å². The summed E-state index contributed by atoms with van der Waals surface area (Å²) in [5.74, 6) is -4.65. The Labute approximate surface area is 275 Å². The molecule has 2 aromatic rings. The molecule has 0 spiro atoms. The molecular formula is C33H41NO14. The Morgan fingerprint density at radius 1 is 1.12 bits per heavy atom. The van der Waals surface area contributed by atoms with E-state index >= 15 is 0 Å². The van der Waals surface area contributed by atoms with Gasteiger partial charge in [-0.2, -0.15) is 0 Å². The molecule has 15 nitrogen and oxygen atoms in total. The molecule has 5 rings (SSSR count). The van der Waals surface area contributed by atoms with Crippen LogP contribution in [-0.4, -0.2) is 111 Å². The van der Waals surface area contributed by atoms with E-state index in [0.29, 0.717) is 0 Å². The number of aliphatic hydroxyl groups is 3. The fourth-order valence-electron chi connectivity index (χ4n) is 6.66. The van der Waals surface area contributed by atoms with Gasteiger partial charge in [-0.3, -0.25) is 9.59 Å². The number of ketones is 2. The summed E-state index contributed by atoms with van der Waals surface area (Å²) in [7, 11) is 1.31. The highest BCUT2D eigenvalue weighted by Gasteiger charge is 2.51. The average Bonchev–Trinajstić information content (AvgIpc) is 3.02. The van der Waals surface area contributed by atoms with E-state index in [4.69, 9.17) is 29.4 Å². The number of hydrogen-bond acceptors (Lipinski definition) is 14. The number of fused-ring (bicyclic) bond motifs is 3. The summed E-state index contributed by atoms with van der Waals surface area (Å²) >= 11 is 0. The number of carbonyl (C=O) groups excluding carboxylic acids is 2. The van der Waals surface area contributed by atoms with E-state index < -0.39 is 108 Å². The van der Waals surface area contributed by atoms with Gasteiger partial charge >= 0.3 is 5.97 Å². The number of rotatable bonds is 11. The molecule has 0 radical (unpaired) electrons. The highest BCUT2D eigenvalue weighted by molar-refractivity contribution is 6.31. The van der Waals surface area contributed by atoms with Crippen molar-refractivity contribution in [2.75, 3.05) is 13.7 Å². The van der Waals surface area contributed by atoms with Gasteiger partial charge in [0.05, 0.1) is 54.8 Å². The van der Waals surface area contributed by atoms with Crippen LogP contribution in [0, 0.1) is 0 Å². The SMILES string of the molecule is COc1cccc2c1C(=O)c1c(O)c3c(c(O)c1C2=O)CC(O)(C(=O)O)CC3OC1CC(N)C(OC(CC(C)O)OC(C)CO)C(C)O1. The number of hydrogen-bond donors (Lipinski definition) is 7. The smallest absolute Gasteiger partial charge is 0.336 e. The quantitative estimate of drug-likeness (QED) is 0.111. The second-order valence-electron chi connectivity index (χ2n) is 12.6. The fourth-order valence-corrected chi connectivity index (χ4v) is 6.66. The molecule has 2 aliphatic carbocycles. The molecule has 2 aromatic carbocycles. The lowest BCUT2D eigenvalue weighted by Crippen LogP contribution is -2.55. The van der Waals surface area contributed by atoms with Gasteiger partial charge in [0.15, 0.2) is 24.0 Å². The number of nitrogens with two attached hydrogens (primary N) is 1. The Balaban J connectivity index is 1.49. The normalized spacial score (nSPS) is 28.5. The maximum absolute atomic E-state index is 13.8. The monoisotopic (exact) mass is 675 g/mol. The number of benzene rings is 2. The summed E-state index contributed by atoms with van der Waals surface area (Å²) in [6.07, 6.45) is -7.70. The third-order valence-corrected chi connectivity index (χ3v) is 8.99. The van der Waals surface area contributed by atoms with E-state index in [1.807, 2.05) is 0 Å². The molecule has 262 valence electrons. The van der Waals surface area contributed by atoms with Crippen molar-refractivity contribution in [1.82, 2.24) is 0 Å². The molecule has 1 heterocycles. The molecule has 15 heteroatoms. The van der Waals surface area contributed by atoms with Gasteiger partial charge in [-0.25, -0.2) is 4.79 Å². The van der Waals surface area contributed by atoms with Crippen LogP contribution in [-0.2, 0) is 30.2 Å². The van der Waals surface area contributed by atoms with Crippen LogP contribution in [0.4, 0.5) is 0 Å². The van der Waals surface area contributed by atoms with Crippen molar-refractivity contribution in [3.8, 4) is 17.2 Å². The van der Waals surface area contributed by atoms with Crippen LogP contribution in [0.15, 0.2) is 18.2 Å². The number of aromatic hydroxyl groups is 2. The molecule has 3 aliphatic rings. The van der Waals surface area contributed by atoms with Crippen molar-refractivity contribution >= 4 is 17.5 Å². The zero-order valence-corrected chi connectivity index (χ0v) is 26.9. The second-order valence-corrected chi connectivity index (χ2v) is 12.6. The van der Waals surface area contributed by atoms with Crippen molar-refractivity contribution in [1.29, 1.82) is 0 Å². The number of phenolic OH excluding ortho intramolecular Hbond substituents is 2. The molecule has 9 atom stereocenters. The van der Waals surface area contributed by atoms with Gasteiger partial charge in [0.1, 0.15) is 23.4 Å². The predicted molar refractivity (Wildman–Crippen MR) is 164 cm³/mol. The number of methoxy groups -OCH3 is 1. The minimum Gasteiger partial charge on any atom is -0.507 e. The van der Waals surface area contributed by atoms with E-state index in [2.05, 4.69) is 0 Å². The molecule has 1 aliphatic heterocycles. The number of aliphatic hydroxyl groups excluding tert-OH is 2. The van der Waals surface area contributed by atoms with Gasteiger partial charge in [0, 0.05) is 48.4 Å².